The van der Waals surface area contributed by atoms with Gasteiger partial charge in [-0.15, -0.1) is 0 Å². The van der Waals surface area contributed by atoms with Gasteiger partial charge in [0.15, 0.2) is 6.04 Å². The lowest BCUT2D eigenvalue weighted by atomic mass is 10.0. The number of hydrogen-bond donors (Lipinski definition) is 0. The fourth-order valence-corrected chi connectivity index (χ4v) is 5.10. The van der Waals surface area contributed by atoms with Crippen LogP contribution < -0.4 is 4.74 Å². The van der Waals surface area contributed by atoms with Crippen molar-refractivity contribution in [3.63, 3.8) is 0 Å². The highest BCUT2D eigenvalue weighted by Crippen LogP contribution is 2.20. The Kier molecular flexibility index (Phi) is 15.8. The molecule has 0 aliphatic carbocycles. The molecule has 0 fully saturated rings. The van der Waals surface area contributed by atoms with Crippen LogP contribution in [0.1, 0.15) is 102 Å². The number of nitrogens with zero attached hydrogens (tertiary/aromatic N) is 1. The first-order chi connectivity index (χ1) is 18.5. The van der Waals surface area contributed by atoms with Crippen molar-refractivity contribution in [3.05, 3.63) is 65.7 Å². The van der Waals surface area contributed by atoms with Crippen LogP contribution in [0.3, 0.4) is 0 Å². The zero-order valence-electron chi connectivity index (χ0n) is 24.8. The van der Waals surface area contributed by atoms with Crippen LogP contribution in [0.4, 0.5) is 0 Å². The second kappa shape index (κ2) is 18.8. The lowest BCUT2D eigenvalue weighted by molar-refractivity contribution is -0.920. The molecule has 0 aromatic heterocycles. The number of quaternary nitrogens is 1. The Bertz CT molecular complexity index is 863. The van der Waals surface area contributed by atoms with Crippen LogP contribution >= 0.6 is 0 Å². The minimum absolute atomic E-state index is 0.103. The van der Waals surface area contributed by atoms with Crippen LogP contribution in [0, 0.1) is 0 Å². The average Bonchev–Trinajstić information content (AvgIpc) is 2.91. The van der Waals surface area contributed by atoms with Gasteiger partial charge in [-0.1, -0.05) is 108 Å². The smallest absolute Gasteiger partial charge is 0.364 e. The summed E-state index contributed by atoms with van der Waals surface area (Å²) in [5.41, 5.74) is 2.62. The van der Waals surface area contributed by atoms with E-state index in [4.69, 9.17) is 9.47 Å². The highest BCUT2D eigenvalue weighted by molar-refractivity contribution is 5.74. The largest absolute Gasteiger partial charge is 0.493 e. The molecule has 0 N–H and O–H groups in total. The van der Waals surface area contributed by atoms with Crippen molar-refractivity contribution in [1.82, 2.24) is 0 Å². The zero-order chi connectivity index (χ0) is 27.5. The van der Waals surface area contributed by atoms with E-state index < -0.39 is 0 Å². The zero-order valence-corrected chi connectivity index (χ0v) is 24.8. The Labute approximate surface area is 233 Å². The molecule has 0 radical (unpaired) electrons. The molecule has 4 nitrogen and oxygen atoms in total. The highest BCUT2D eigenvalue weighted by Gasteiger charge is 2.35. The molecule has 0 saturated heterocycles. The summed E-state index contributed by atoms with van der Waals surface area (Å²) in [4.78, 5) is 13.0. The van der Waals surface area contributed by atoms with Crippen molar-refractivity contribution < 1.29 is 18.8 Å². The quantitative estimate of drug-likeness (QED) is 0.0932. The van der Waals surface area contributed by atoms with Crippen molar-refractivity contribution in [1.29, 1.82) is 0 Å². The number of likely N-dealkylation sites (N-methyl/N-ethyl adjacent to an activating group) is 1. The third kappa shape index (κ3) is 13.0. The van der Waals surface area contributed by atoms with Gasteiger partial charge in [0.05, 0.1) is 27.3 Å². The number of ether oxygens (including phenoxy) is 2. The molecule has 4 heteroatoms. The first-order valence-corrected chi connectivity index (χ1v) is 15.2. The van der Waals surface area contributed by atoms with Crippen LogP contribution in [-0.4, -0.2) is 43.8 Å². The molecular weight excluding hydrogens is 470 g/mol. The van der Waals surface area contributed by atoms with E-state index in [-0.39, 0.29) is 12.0 Å². The summed E-state index contributed by atoms with van der Waals surface area (Å²) in [6.07, 6.45) is 15.9. The molecular formula is C34H54NO3+. The van der Waals surface area contributed by atoms with Gasteiger partial charge in [0, 0.05) is 18.4 Å². The molecule has 0 spiro atoms. The second-order valence-electron chi connectivity index (χ2n) is 11.3. The van der Waals surface area contributed by atoms with Gasteiger partial charge in [-0.3, -0.25) is 0 Å². The molecule has 1 unspecified atom stereocenters. The van der Waals surface area contributed by atoms with E-state index in [0.717, 1.165) is 31.6 Å². The van der Waals surface area contributed by atoms with Crippen LogP contribution in [0.5, 0.6) is 5.75 Å². The Balaban J connectivity index is 1.62. The van der Waals surface area contributed by atoms with Gasteiger partial charge in [0.25, 0.3) is 0 Å². The van der Waals surface area contributed by atoms with E-state index in [9.17, 15) is 4.79 Å². The Morgan fingerprint density at radius 2 is 1.34 bits per heavy atom. The molecule has 2 rings (SSSR count). The molecule has 2 aromatic carbocycles. The molecule has 0 heterocycles. The first-order valence-electron chi connectivity index (χ1n) is 15.2. The summed E-state index contributed by atoms with van der Waals surface area (Å²) in [7, 11) is 4.24. The number of unbranched alkanes of at least 4 members (excludes halogenated alkanes) is 8. The van der Waals surface area contributed by atoms with Crippen LogP contribution in [0.2, 0.25) is 0 Å². The summed E-state index contributed by atoms with van der Waals surface area (Å²) in [6, 6.07) is 18.7. The van der Waals surface area contributed by atoms with Crippen molar-refractivity contribution in [2.75, 3.05) is 27.3 Å². The molecule has 0 aliphatic rings. The van der Waals surface area contributed by atoms with Crippen LogP contribution in [0.15, 0.2) is 54.6 Å². The number of rotatable bonds is 21. The number of carbonyl (C=O) groups excluding carboxylic acids is 1. The van der Waals surface area contributed by atoms with Crippen molar-refractivity contribution in [3.8, 4) is 5.75 Å². The van der Waals surface area contributed by atoms with E-state index in [1.165, 1.54) is 68.9 Å². The summed E-state index contributed by atoms with van der Waals surface area (Å²) in [5, 5.41) is 0. The highest BCUT2D eigenvalue weighted by atomic mass is 16.5. The predicted octanol–water partition coefficient (Wildman–Crippen LogP) is 8.52. The van der Waals surface area contributed by atoms with Crippen molar-refractivity contribution in [2.24, 2.45) is 0 Å². The number of hydrogen-bond acceptors (Lipinski definition) is 3. The van der Waals surface area contributed by atoms with E-state index in [1.807, 2.05) is 18.2 Å². The van der Waals surface area contributed by atoms with Gasteiger partial charge in [-0.05, 0) is 37.0 Å². The average molecular weight is 525 g/mol. The van der Waals surface area contributed by atoms with E-state index in [2.05, 4.69) is 64.3 Å². The fraction of sp³-hybridized carbons (Fsp3) is 0.618. The maximum absolute atomic E-state index is 13.0. The molecule has 212 valence electrons. The molecule has 0 amide bonds. The fourth-order valence-electron chi connectivity index (χ4n) is 5.10. The standard InChI is InChI=1S/C34H54NO3/c1-5-7-8-9-10-11-12-13-15-20-30-23-25-32(26-24-30)37-27-18-28-38-34(36)33(19-6-2)35(3,4)29-31-21-16-14-17-22-31/h14,16-17,21-26,33H,5-13,15,18-20,27-29H2,1-4H3/q+1. The molecule has 2 aromatic rings. The van der Waals surface area contributed by atoms with Gasteiger partial charge < -0.3 is 14.0 Å². The maximum atomic E-state index is 13.0. The number of benzene rings is 2. The topological polar surface area (TPSA) is 35.5 Å². The third-order valence-corrected chi connectivity index (χ3v) is 7.40. The van der Waals surface area contributed by atoms with E-state index in [0.29, 0.717) is 24.1 Å². The number of carbonyl (C=O) groups is 1. The SMILES string of the molecule is CCCCCCCCCCCc1ccc(OCCCOC(=O)C(CCC)[N+](C)(C)Cc2ccccc2)cc1. The normalized spacial score (nSPS) is 12.3. The van der Waals surface area contributed by atoms with Gasteiger partial charge in [-0.2, -0.15) is 0 Å². The van der Waals surface area contributed by atoms with E-state index in [1.54, 1.807) is 0 Å². The minimum Gasteiger partial charge on any atom is -0.493 e. The van der Waals surface area contributed by atoms with Gasteiger partial charge in [0.1, 0.15) is 12.3 Å². The second-order valence-corrected chi connectivity index (χ2v) is 11.3. The predicted molar refractivity (Wildman–Crippen MR) is 159 cm³/mol. The Morgan fingerprint density at radius 3 is 1.97 bits per heavy atom. The summed E-state index contributed by atoms with van der Waals surface area (Å²) in [5.74, 6) is 0.783. The third-order valence-electron chi connectivity index (χ3n) is 7.40. The monoisotopic (exact) mass is 524 g/mol. The van der Waals surface area contributed by atoms with Crippen LogP contribution in [0.25, 0.3) is 0 Å². The van der Waals surface area contributed by atoms with Crippen molar-refractivity contribution in [2.45, 2.75) is 110 Å². The Morgan fingerprint density at radius 1 is 0.711 bits per heavy atom. The minimum atomic E-state index is -0.167. The summed E-state index contributed by atoms with van der Waals surface area (Å²) < 4.78 is 12.2. The van der Waals surface area contributed by atoms with Gasteiger partial charge in [0.2, 0.25) is 0 Å². The first kappa shape index (κ1) is 31.9. The summed E-state index contributed by atoms with van der Waals surface area (Å²) >= 11 is 0. The lowest BCUT2D eigenvalue weighted by Gasteiger charge is -2.36. The molecule has 38 heavy (non-hydrogen) atoms. The van der Waals surface area contributed by atoms with E-state index >= 15 is 0 Å². The van der Waals surface area contributed by atoms with Crippen molar-refractivity contribution >= 4 is 5.97 Å². The molecule has 0 bridgehead atoms. The Hall–Kier alpha value is -2.33. The maximum Gasteiger partial charge on any atom is 0.364 e. The molecule has 0 aliphatic heterocycles. The van der Waals surface area contributed by atoms with Gasteiger partial charge >= 0.3 is 5.97 Å². The number of aryl methyl sites for hydroxylation is 1. The van der Waals surface area contributed by atoms with Gasteiger partial charge in [-0.25, -0.2) is 4.79 Å². The lowest BCUT2D eigenvalue weighted by Crippen LogP contribution is -2.52. The molecule has 1 atom stereocenters. The van der Waals surface area contributed by atoms with Crippen LogP contribution in [-0.2, 0) is 22.5 Å². The molecule has 0 saturated carbocycles. The number of esters is 1. The summed E-state index contributed by atoms with van der Waals surface area (Å²) in [6.45, 7) is 6.14.